The van der Waals surface area contributed by atoms with Crippen molar-refractivity contribution in [2.75, 3.05) is 7.11 Å². The number of aromatic nitrogens is 2. The van der Waals surface area contributed by atoms with E-state index in [9.17, 15) is 4.79 Å². The third-order valence-corrected chi connectivity index (χ3v) is 2.80. The molecule has 90 valence electrons. The van der Waals surface area contributed by atoms with Crippen LogP contribution in [-0.2, 0) is 22.5 Å². The molecule has 0 radical (unpaired) electrons. The summed E-state index contributed by atoms with van der Waals surface area (Å²) in [5, 5.41) is 4.44. The average molecular weight is 224 g/mol. The molecule has 1 heterocycles. The summed E-state index contributed by atoms with van der Waals surface area (Å²) in [6.07, 6.45) is 2.57. The molecule has 1 rings (SSSR count). The zero-order valence-corrected chi connectivity index (χ0v) is 10.5. The zero-order valence-electron chi connectivity index (χ0n) is 10.5. The Hall–Kier alpha value is -1.32. The van der Waals surface area contributed by atoms with E-state index in [1.807, 2.05) is 18.5 Å². The SMILES string of the molecule is CCCCn1nc(C)c(CC(=O)OC)c1C. The lowest BCUT2D eigenvalue weighted by Crippen LogP contribution is -2.07. The maximum Gasteiger partial charge on any atom is 0.310 e. The number of hydrogen-bond acceptors (Lipinski definition) is 3. The lowest BCUT2D eigenvalue weighted by atomic mass is 10.1. The fourth-order valence-corrected chi connectivity index (χ4v) is 1.73. The highest BCUT2D eigenvalue weighted by Gasteiger charge is 2.14. The second-order valence-corrected chi connectivity index (χ2v) is 3.98. The molecule has 1 aromatic rings. The Balaban J connectivity index is 2.84. The van der Waals surface area contributed by atoms with Gasteiger partial charge in [0, 0.05) is 17.8 Å². The molecule has 0 saturated heterocycles. The molecular weight excluding hydrogens is 204 g/mol. The normalized spacial score (nSPS) is 10.5. The van der Waals surface area contributed by atoms with Crippen LogP contribution in [0.4, 0.5) is 0 Å². The van der Waals surface area contributed by atoms with Crippen molar-refractivity contribution in [2.24, 2.45) is 0 Å². The predicted molar refractivity (Wildman–Crippen MR) is 62.3 cm³/mol. The van der Waals surface area contributed by atoms with Crippen LogP contribution in [0.25, 0.3) is 0 Å². The van der Waals surface area contributed by atoms with Crippen molar-refractivity contribution in [3.8, 4) is 0 Å². The van der Waals surface area contributed by atoms with Crippen LogP contribution in [0.15, 0.2) is 0 Å². The molecule has 0 amide bonds. The van der Waals surface area contributed by atoms with E-state index < -0.39 is 0 Å². The lowest BCUT2D eigenvalue weighted by molar-refractivity contribution is -0.139. The predicted octanol–water partition coefficient (Wildman–Crippen LogP) is 2.02. The van der Waals surface area contributed by atoms with E-state index in [1.165, 1.54) is 7.11 Å². The number of aryl methyl sites for hydroxylation is 2. The van der Waals surface area contributed by atoms with Gasteiger partial charge in [-0.25, -0.2) is 0 Å². The number of methoxy groups -OCH3 is 1. The van der Waals surface area contributed by atoms with Crippen LogP contribution in [-0.4, -0.2) is 22.9 Å². The van der Waals surface area contributed by atoms with E-state index in [2.05, 4.69) is 16.8 Å². The van der Waals surface area contributed by atoms with Crippen molar-refractivity contribution in [2.45, 2.75) is 46.6 Å². The maximum atomic E-state index is 11.2. The topological polar surface area (TPSA) is 44.1 Å². The monoisotopic (exact) mass is 224 g/mol. The first-order valence-electron chi connectivity index (χ1n) is 5.69. The Morgan fingerprint density at radius 3 is 2.69 bits per heavy atom. The molecule has 0 fully saturated rings. The molecule has 0 bridgehead atoms. The minimum atomic E-state index is -0.207. The Morgan fingerprint density at radius 2 is 2.12 bits per heavy atom. The minimum absolute atomic E-state index is 0.207. The van der Waals surface area contributed by atoms with Gasteiger partial charge >= 0.3 is 5.97 Å². The number of rotatable bonds is 5. The fraction of sp³-hybridized carbons (Fsp3) is 0.667. The van der Waals surface area contributed by atoms with Crippen LogP contribution in [0.5, 0.6) is 0 Å². The van der Waals surface area contributed by atoms with Gasteiger partial charge in [0.15, 0.2) is 0 Å². The van der Waals surface area contributed by atoms with Gasteiger partial charge in [0.25, 0.3) is 0 Å². The van der Waals surface area contributed by atoms with Crippen molar-refractivity contribution < 1.29 is 9.53 Å². The van der Waals surface area contributed by atoms with E-state index in [0.717, 1.165) is 36.3 Å². The zero-order chi connectivity index (χ0) is 12.1. The van der Waals surface area contributed by atoms with Crippen LogP contribution >= 0.6 is 0 Å². The summed E-state index contributed by atoms with van der Waals surface area (Å²) in [7, 11) is 1.41. The highest BCUT2D eigenvalue weighted by Crippen LogP contribution is 2.14. The minimum Gasteiger partial charge on any atom is -0.469 e. The molecule has 4 nitrogen and oxygen atoms in total. The number of nitrogens with zero attached hydrogens (tertiary/aromatic N) is 2. The van der Waals surface area contributed by atoms with E-state index in [1.54, 1.807) is 0 Å². The largest absolute Gasteiger partial charge is 0.469 e. The molecule has 0 N–H and O–H groups in total. The van der Waals surface area contributed by atoms with Gasteiger partial charge in [-0.1, -0.05) is 13.3 Å². The van der Waals surface area contributed by atoms with Crippen molar-refractivity contribution in [3.63, 3.8) is 0 Å². The van der Waals surface area contributed by atoms with Crippen LogP contribution in [0.2, 0.25) is 0 Å². The molecule has 0 aliphatic heterocycles. The Bertz CT molecular complexity index is 369. The van der Waals surface area contributed by atoms with Gasteiger partial charge in [-0.2, -0.15) is 5.10 Å². The number of carbonyl (C=O) groups excluding carboxylic acids is 1. The third kappa shape index (κ3) is 2.84. The maximum absolute atomic E-state index is 11.2. The molecule has 0 unspecified atom stereocenters. The lowest BCUT2D eigenvalue weighted by Gasteiger charge is -2.03. The smallest absolute Gasteiger partial charge is 0.310 e. The summed E-state index contributed by atoms with van der Waals surface area (Å²) in [5.41, 5.74) is 3.01. The van der Waals surface area contributed by atoms with E-state index in [-0.39, 0.29) is 5.97 Å². The molecular formula is C12H20N2O2. The van der Waals surface area contributed by atoms with Crippen molar-refractivity contribution in [1.29, 1.82) is 0 Å². The van der Waals surface area contributed by atoms with Gasteiger partial charge in [-0.3, -0.25) is 9.48 Å². The Morgan fingerprint density at radius 1 is 1.44 bits per heavy atom. The molecule has 0 atom stereocenters. The molecule has 1 aromatic heterocycles. The summed E-state index contributed by atoms with van der Waals surface area (Å²) >= 11 is 0. The molecule has 0 spiro atoms. The van der Waals surface area contributed by atoms with Crippen LogP contribution < -0.4 is 0 Å². The highest BCUT2D eigenvalue weighted by molar-refractivity contribution is 5.73. The molecule has 16 heavy (non-hydrogen) atoms. The summed E-state index contributed by atoms with van der Waals surface area (Å²) < 4.78 is 6.66. The summed E-state index contributed by atoms with van der Waals surface area (Å²) in [4.78, 5) is 11.2. The molecule has 0 aliphatic carbocycles. The van der Waals surface area contributed by atoms with Gasteiger partial charge in [0.1, 0.15) is 0 Å². The van der Waals surface area contributed by atoms with Crippen molar-refractivity contribution in [3.05, 3.63) is 17.0 Å². The quantitative estimate of drug-likeness (QED) is 0.719. The van der Waals surface area contributed by atoms with Gasteiger partial charge in [-0.05, 0) is 20.3 Å². The number of esters is 1. The summed E-state index contributed by atoms with van der Waals surface area (Å²) in [6, 6.07) is 0. The molecule has 0 aromatic carbocycles. The number of hydrogen-bond donors (Lipinski definition) is 0. The second-order valence-electron chi connectivity index (χ2n) is 3.98. The third-order valence-electron chi connectivity index (χ3n) is 2.80. The van der Waals surface area contributed by atoms with Crippen LogP contribution in [0.1, 0.15) is 36.7 Å². The molecule has 4 heteroatoms. The Labute approximate surface area is 96.6 Å². The van der Waals surface area contributed by atoms with Gasteiger partial charge in [-0.15, -0.1) is 0 Å². The van der Waals surface area contributed by atoms with Gasteiger partial charge in [0.2, 0.25) is 0 Å². The van der Waals surface area contributed by atoms with E-state index in [4.69, 9.17) is 0 Å². The highest BCUT2D eigenvalue weighted by atomic mass is 16.5. The standard InChI is InChI=1S/C12H20N2O2/c1-5-6-7-14-10(3)11(9(2)13-14)8-12(15)16-4/h5-8H2,1-4H3. The molecule has 0 aliphatic rings. The van der Waals surface area contributed by atoms with Crippen LogP contribution in [0, 0.1) is 13.8 Å². The first kappa shape index (κ1) is 12.7. The van der Waals surface area contributed by atoms with Gasteiger partial charge in [0.05, 0.1) is 19.2 Å². The Kier molecular flexibility index (Phi) is 4.52. The van der Waals surface area contributed by atoms with Gasteiger partial charge < -0.3 is 4.74 Å². The van der Waals surface area contributed by atoms with Crippen molar-refractivity contribution >= 4 is 5.97 Å². The summed E-state index contributed by atoms with van der Waals surface area (Å²) in [6.45, 7) is 7.02. The number of ether oxygens (including phenoxy) is 1. The van der Waals surface area contributed by atoms with Crippen molar-refractivity contribution in [1.82, 2.24) is 9.78 Å². The van der Waals surface area contributed by atoms with E-state index in [0.29, 0.717) is 6.42 Å². The molecule has 0 saturated carbocycles. The van der Waals surface area contributed by atoms with E-state index >= 15 is 0 Å². The average Bonchev–Trinajstić information content (AvgIpc) is 2.53. The second kappa shape index (κ2) is 5.68. The van der Waals surface area contributed by atoms with Crippen LogP contribution in [0.3, 0.4) is 0 Å². The first-order chi connectivity index (χ1) is 7.60. The number of carbonyl (C=O) groups is 1. The number of unbranched alkanes of at least 4 members (excludes halogenated alkanes) is 1. The summed E-state index contributed by atoms with van der Waals surface area (Å²) in [5.74, 6) is -0.207. The first-order valence-corrected chi connectivity index (χ1v) is 5.69. The fourth-order valence-electron chi connectivity index (χ4n) is 1.73.